The molecular formula is C26H28N8O2. The van der Waals surface area contributed by atoms with Crippen LogP contribution in [0.15, 0.2) is 30.6 Å². The van der Waals surface area contributed by atoms with Crippen LogP contribution in [-0.2, 0) is 24.2 Å². The van der Waals surface area contributed by atoms with Crippen molar-refractivity contribution in [3.63, 3.8) is 0 Å². The van der Waals surface area contributed by atoms with E-state index in [1.54, 1.807) is 15.8 Å². The van der Waals surface area contributed by atoms with Gasteiger partial charge in [-0.1, -0.05) is 0 Å². The van der Waals surface area contributed by atoms with Crippen LogP contribution >= 0.6 is 0 Å². The summed E-state index contributed by atoms with van der Waals surface area (Å²) in [6, 6.07) is 5.84. The first-order valence-corrected chi connectivity index (χ1v) is 12.2. The van der Waals surface area contributed by atoms with Crippen LogP contribution < -0.4 is 11.1 Å². The highest BCUT2D eigenvalue weighted by molar-refractivity contribution is 5.95. The predicted octanol–water partition coefficient (Wildman–Crippen LogP) is 2.91. The molecule has 0 saturated heterocycles. The quantitative estimate of drug-likeness (QED) is 0.404. The zero-order chi connectivity index (χ0) is 25.0. The maximum absolute atomic E-state index is 12.2. The van der Waals surface area contributed by atoms with Crippen LogP contribution in [0.25, 0.3) is 22.0 Å². The first kappa shape index (κ1) is 22.4. The van der Waals surface area contributed by atoms with E-state index in [1.807, 2.05) is 38.4 Å². The monoisotopic (exact) mass is 484 g/mol. The second kappa shape index (κ2) is 8.56. The van der Waals surface area contributed by atoms with E-state index >= 15 is 0 Å². The second-order valence-corrected chi connectivity index (χ2v) is 9.62. The van der Waals surface area contributed by atoms with E-state index in [0.717, 1.165) is 64.5 Å². The summed E-state index contributed by atoms with van der Waals surface area (Å²) in [5.41, 5.74) is 11.8. The molecule has 1 aliphatic heterocycles. The molecule has 0 spiro atoms. The molecule has 2 aliphatic rings. The number of nitrogens with zero attached hydrogens (tertiary/aromatic N) is 6. The Labute approximate surface area is 208 Å². The maximum atomic E-state index is 12.2. The molecule has 10 heteroatoms. The molecule has 0 aromatic carbocycles. The van der Waals surface area contributed by atoms with E-state index in [1.165, 1.54) is 0 Å². The van der Waals surface area contributed by atoms with Gasteiger partial charge in [0.15, 0.2) is 5.82 Å². The van der Waals surface area contributed by atoms with Gasteiger partial charge in [0.2, 0.25) is 5.91 Å². The number of carbonyl (C=O) groups excluding carboxylic acids is 1. The van der Waals surface area contributed by atoms with Gasteiger partial charge in [-0.2, -0.15) is 5.10 Å². The molecule has 4 aromatic heterocycles. The summed E-state index contributed by atoms with van der Waals surface area (Å²) in [6.07, 6.45) is 6.34. The number of pyridine rings is 3. The van der Waals surface area contributed by atoms with Crippen molar-refractivity contribution in [1.82, 2.24) is 29.6 Å². The molecular weight excluding hydrogens is 456 g/mol. The molecule has 0 saturated carbocycles. The van der Waals surface area contributed by atoms with E-state index in [0.29, 0.717) is 29.7 Å². The number of amides is 1. The topological polar surface area (TPSA) is 135 Å². The first-order chi connectivity index (χ1) is 17.4. The lowest BCUT2D eigenvalue weighted by atomic mass is 9.88. The van der Waals surface area contributed by atoms with Gasteiger partial charge in [0.05, 0.1) is 11.8 Å². The lowest BCUT2D eigenvalue weighted by Crippen LogP contribution is -2.29. The fourth-order valence-corrected chi connectivity index (χ4v) is 5.20. The summed E-state index contributed by atoms with van der Waals surface area (Å²) >= 11 is 0. The minimum absolute atomic E-state index is 0.0437. The highest BCUT2D eigenvalue weighted by Gasteiger charge is 2.24. The fourth-order valence-electron chi connectivity index (χ4n) is 5.20. The molecule has 4 N–H and O–H groups in total. The number of aliphatic hydroxyl groups excluding tert-OH is 1. The van der Waals surface area contributed by atoms with E-state index in [-0.39, 0.29) is 12.5 Å². The Morgan fingerprint density at radius 2 is 2.00 bits per heavy atom. The molecule has 4 aromatic rings. The molecule has 0 bridgehead atoms. The zero-order valence-corrected chi connectivity index (χ0v) is 20.3. The van der Waals surface area contributed by atoms with Crippen molar-refractivity contribution in [2.24, 2.45) is 0 Å². The Bertz CT molecular complexity index is 1510. The number of hydrogen-bond acceptors (Lipinski definition) is 8. The largest absolute Gasteiger partial charge is 0.388 e. The number of aromatic nitrogens is 5. The van der Waals surface area contributed by atoms with Crippen molar-refractivity contribution in [3.05, 3.63) is 53.1 Å². The normalized spacial score (nSPS) is 17.6. The van der Waals surface area contributed by atoms with Crippen LogP contribution in [0.5, 0.6) is 0 Å². The fraction of sp³-hybridized carbons (Fsp3) is 0.346. The number of nitrogens with two attached hydrogens (primary N) is 1. The van der Waals surface area contributed by atoms with Gasteiger partial charge in [-0.05, 0) is 49.3 Å². The number of aliphatic hydroxyl groups is 1. The minimum atomic E-state index is -0.500. The number of aryl methyl sites for hydroxylation is 1. The van der Waals surface area contributed by atoms with Crippen molar-refractivity contribution in [2.45, 2.75) is 45.3 Å². The van der Waals surface area contributed by atoms with Gasteiger partial charge < -0.3 is 21.1 Å². The number of hydrogen-bond donors (Lipinski definition) is 3. The summed E-state index contributed by atoms with van der Waals surface area (Å²) in [4.78, 5) is 27.7. The van der Waals surface area contributed by atoms with Crippen LogP contribution in [0.4, 0.5) is 17.5 Å². The third-order valence-corrected chi connectivity index (χ3v) is 7.25. The molecule has 0 radical (unpaired) electrons. The molecule has 1 unspecified atom stereocenters. The number of anilines is 3. The smallest absolute Gasteiger partial charge is 0.244 e. The Morgan fingerprint density at radius 1 is 1.14 bits per heavy atom. The van der Waals surface area contributed by atoms with E-state index in [9.17, 15) is 9.90 Å². The first-order valence-electron chi connectivity index (χ1n) is 12.2. The number of rotatable bonds is 3. The third kappa shape index (κ3) is 3.83. The third-order valence-electron chi connectivity index (χ3n) is 7.25. The van der Waals surface area contributed by atoms with Gasteiger partial charge in [-0.25, -0.2) is 9.97 Å². The Morgan fingerprint density at radius 3 is 2.86 bits per heavy atom. The van der Waals surface area contributed by atoms with Gasteiger partial charge in [-0.3, -0.25) is 14.5 Å². The van der Waals surface area contributed by atoms with Crippen LogP contribution in [-0.4, -0.2) is 54.2 Å². The zero-order valence-electron chi connectivity index (χ0n) is 20.3. The number of fused-ring (bicyclic) bond motifs is 3. The summed E-state index contributed by atoms with van der Waals surface area (Å²) < 4.78 is 1.75. The Balaban J connectivity index is 1.34. The van der Waals surface area contributed by atoms with Gasteiger partial charge in [0, 0.05) is 66.4 Å². The molecule has 1 amide bonds. The standard InChI is InChI=1S/C26H28N8O2/c1-14-17(11-28-19-4-3-5-21(35)25(14)19)20-8-15-9-22(29-12-18(15)26(27)30-20)31-23-10-16-6-7-33(2)24(36)13-34(16)32-23/h8-12,21,35H,3-7,13H2,1-2H3,(H2,27,30)(H,29,31,32). The molecule has 1 atom stereocenters. The number of likely N-dealkylation sites (N-methyl/N-ethyl adjacent to an activating group) is 1. The molecule has 184 valence electrons. The molecule has 1 aliphatic carbocycles. The average molecular weight is 485 g/mol. The van der Waals surface area contributed by atoms with Crippen molar-refractivity contribution >= 4 is 34.1 Å². The van der Waals surface area contributed by atoms with Crippen LogP contribution in [0.3, 0.4) is 0 Å². The lowest BCUT2D eigenvalue weighted by molar-refractivity contribution is -0.130. The van der Waals surface area contributed by atoms with Crippen LogP contribution in [0.1, 0.15) is 41.5 Å². The van der Waals surface area contributed by atoms with Gasteiger partial charge >= 0.3 is 0 Å². The highest BCUT2D eigenvalue weighted by Crippen LogP contribution is 2.36. The summed E-state index contributed by atoms with van der Waals surface area (Å²) in [7, 11) is 1.81. The van der Waals surface area contributed by atoms with Crippen molar-refractivity contribution in [1.29, 1.82) is 0 Å². The molecule has 6 rings (SSSR count). The Hall–Kier alpha value is -4.05. The van der Waals surface area contributed by atoms with E-state index in [2.05, 4.69) is 25.4 Å². The second-order valence-electron chi connectivity index (χ2n) is 9.62. The van der Waals surface area contributed by atoms with E-state index in [4.69, 9.17) is 5.73 Å². The van der Waals surface area contributed by atoms with Crippen molar-refractivity contribution in [3.8, 4) is 11.3 Å². The van der Waals surface area contributed by atoms with Crippen molar-refractivity contribution < 1.29 is 9.90 Å². The van der Waals surface area contributed by atoms with Crippen LogP contribution in [0.2, 0.25) is 0 Å². The lowest BCUT2D eigenvalue weighted by Gasteiger charge is -2.24. The molecule has 36 heavy (non-hydrogen) atoms. The summed E-state index contributed by atoms with van der Waals surface area (Å²) in [5, 5.41) is 20.0. The van der Waals surface area contributed by atoms with Crippen molar-refractivity contribution in [2.75, 3.05) is 24.6 Å². The highest BCUT2D eigenvalue weighted by atomic mass is 16.3. The van der Waals surface area contributed by atoms with Crippen LogP contribution in [0, 0.1) is 6.92 Å². The van der Waals surface area contributed by atoms with Gasteiger partial charge in [0.1, 0.15) is 18.2 Å². The number of nitrogens with one attached hydrogen (secondary N) is 1. The molecule has 10 nitrogen and oxygen atoms in total. The van der Waals surface area contributed by atoms with Gasteiger partial charge in [-0.15, -0.1) is 0 Å². The average Bonchev–Trinajstić information content (AvgIpc) is 3.17. The maximum Gasteiger partial charge on any atom is 0.244 e. The molecule has 0 fully saturated rings. The summed E-state index contributed by atoms with van der Waals surface area (Å²) in [5.74, 6) is 1.68. The Kier molecular flexibility index (Phi) is 5.33. The van der Waals surface area contributed by atoms with E-state index < -0.39 is 6.10 Å². The predicted molar refractivity (Wildman–Crippen MR) is 137 cm³/mol. The molecule has 5 heterocycles. The minimum Gasteiger partial charge on any atom is -0.388 e. The number of carbonyl (C=O) groups is 1. The number of nitrogen functional groups attached to an aromatic ring is 1. The summed E-state index contributed by atoms with van der Waals surface area (Å²) in [6.45, 7) is 2.91. The van der Waals surface area contributed by atoms with Gasteiger partial charge in [0.25, 0.3) is 0 Å². The SMILES string of the molecule is Cc1c(-c2cc3cc(Nc4cc5n(n4)CC(=O)N(C)CC5)ncc3c(N)n2)cnc2c1C(O)CCC2.